The summed E-state index contributed by atoms with van der Waals surface area (Å²) in [5, 5.41) is 2.59. The molecular weight excluding hydrogens is 242 g/mol. The van der Waals surface area contributed by atoms with Crippen LogP contribution in [0.2, 0.25) is 0 Å². The second-order valence-electron chi connectivity index (χ2n) is 3.24. The number of fused-ring (bicyclic) bond motifs is 1. The van der Waals surface area contributed by atoms with Crippen molar-refractivity contribution < 1.29 is 0 Å². The van der Waals surface area contributed by atoms with Crippen molar-refractivity contribution in [2.45, 2.75) is 5.33 Å². The largest absolute Gasteiger partial charge is 0.318 e. The van der Waals surface area contributed by atoms with E-state index in [1.54, 1.807) is 17.8 Å². The molecule has 0 spiro atoms. The van der Waals surface area contributed by atoms with Gasteiger partial charge in [0, 0.05) is 24.0 Å². The Balaban J connectivity index is 2.93. The number of aromatic nitrogens is 1. The van der Waals surface area contributed by atoms with Gasteiger partial charge in [0.1, 0.15) is 0 Å². The van der Waals surface area contributed by atoms with E-state index in [0.29, 0.717) is 0 Å². The van der Waals surface area contributed by atoms with Gasteiger partial charge >= 0.3 is 0 Å². The molecule has 2 rings (SSSR count). The van der Waals surface area contributed by atoms with Crippen molar-refractivity contribution in [3.8, 4) is 0 Å². The third kappa shape index (κ3) is 1.38. The number of nitrogens with zero attached hydrogens (tertiary/aromatic N) is 1. The minimum absolute atomic E-state index is 0.0605. The Morgan fingerprint density at radius 2 is 2.07 bits per heavy atom. The number of pyridine rings is 1. The van der Waals surface area contributed by atoms with E-state index in [0.717, 1.165) is 21.7 Å². The first-order valence-electron chi connectivity index (χ1n) is 4.37. The van der Waals surface area contributed by atoms with E-state index in [1.807, 2.05) is 24.3 Å². The highest BCUT2D eigenvalue weighted by Crippen LogP contribution is 2.17. The van der Waals surface area contributed by atoms with E-state index in [9.17, 15) is 4.79 Å². The van der Waals surface area contributed by atoms with E-state index in [4.69, 9.17) is 0 Å². The maximum Gasteiger partial charge on any atom is 0.258 e. The van der Waals surface area contributed by atoms with Gasteiger partial charge in [0.15, 0.2) is 0 Å². The Kier molecular flexibility index (Phi) is 2.42. The van der Waals surface area contributed by atoms with Gasteiger partial charge in [-0.25, -0.2) is 0 Å². The van der Waals surface area contributed by atoms with Crippen LogP contribution in [0, 0.1) is 0 Å². The minimum Gasteiger partial charge on any atom is -0.318 e. The van der Waals surface area contributed by atoms with Crippen LogP contribution in [0.1, 0.15) is 5.56 Å². The summed E-state index contributed by atoms with van der Waals surface area (Å²) < 4.78 is 1.60. The van der Waals surface area contributed by atoms with E-state index < -0.39 is 0 Å². The zero-order valence-electron chi connectivity index (χ0n) is 7.83. The molecule has 0 bridgehead atoms. The summed E-state index contributed by atoms with van der Waals surface area (Å²) in [5.74, 6) is 0. The number of halogens is 1. The quantitative estimate of drug-likeness (QED) is 0.714. The van der Waals surface area contributed by atoms with Gasteiger partial charge in [-0.15, -0.1) is 0 Å². The van der Waals surface area contributed by atoms with Crippen molar-refractivity contribution in [3.05, 3.63) is 46.4 Å². The van der Waals surface area contributed by atoms with Gasteiger partial charge in [-0.3, -0.25) is 4.79 Å². The SMILES string of the molecule is Cn1ccc2c(CBr)cccc2c1=O. The molecule has 2 nitrogen and oxygen atoms in total. The fourth-order valence-electron chi connectivity index (χ4n) is 1.56. The zero-order valence-corrected chi connectivity index (χ0v) is 9.41. The van der Waals surface area contributed by atoms with Crippen LogP contribution in [0.4, 0.5) is 0 Å². The predicted molar refractivity (Wildman–Crippen MR) is 61.8 cm³/mol. The summed E-state index contributed by atoms with van der Waals surface area (Å²) in [6.07, 6.45) is 1.80. The van der Waals surface area contributed by atoms with Crippen LogP contribution in [0.3, 0.4) is 0 Å². The lowest BCUT2D eigenvalue weighted by Crippen LogP contribution is -2.15. The Bertz CT molecular complexity index is 530. The number of benzene rings is 1. The first-order chi connectivity index (χ1) is 6.74. The molecule has 14 heavy (non-hydrogen) atoms. The highest BCUT2D eigenvalue weighted by molar-refractivity contribution is 9.08. The highest BCUT2D eigenvalue weighted by Gasteiger charge is 2.02. The lowest BCUT2D eigenvalue weighted by atomic mass is 10.1. The van der Waals surface area contributed by atoms with Crippen molar-refractivity contribution >= 4 is 26.7 Å². The average Bonchev–Trinajstić information content (AvgIpc) is 2.23. The number of hydrogen-bond acceptors (Lipinski definition) is 1. The summed E-state index contributed by atoms with van der Waals surface area (Å²) in [5.41, 5.74) is 1.21. The summed E-state index contributed by atoms with van der Waals surface area (Å²) >= 11 is 3.41. The monoisotopic (exact) mass is 251 g/mol. The van der Waals surface area contributed by atoms with Gasteiger partial charge in [0.2, 0.25) is 0 Å². The normalized spacial score (nSPS) is 10.7. The fraction of sp³-hybridized carbons (Fsp3) is 0.182. The van der Waals surface area contributed by atoms with Crippen molar-refractivity contribution in [2.24, 2.45) is 7.05 Å². The van der Waals surface area contributed by atoms with Crippen molar-refractivity contribution in [3.63, 3.8) is 0 Å². The first-order valence-corrected chi connectivity index (χ1v) is 5.49. The molecule has 2 aromatic rings. The molecule has 1 aromatic carbocycles. The number of rotatable bonds is 1. The Hall–Kier alpha value is -1.09. The molecule has 0 N–H and O–H groups in total. The summed E-state index contributed by atoms with van der Waals surface area (Å²) in [6.45, 7) is 0. The Morgan fingerprint density at radius 3 is 2.79 bits per heavy atom. The van der Waals surface area contributed by atoms with Gasteiger partial charge in [-0.05, 0) is 23.1 Å². The maximum atomic E-state index is 11.7. The molecule has 0 aliphatic heterocycles. The summed E-state index contributed by atoms with van der Waals surface area (Å²) in [4.78, 5) is 11.7. The van der Waals surface area contributed by atoms with Crippen molar-refractivity contribution in [2.75, 3.05) is 0 Å². The number of aryl methyl sites for hydroxylation is 1. The second kappa shape index (κ2) is 3.58. The van der Waals surface area contributed by atoms with Gasteiger partial charge in [-0.1, -0.05) is 28.1 Å². The molecule has 0 saturated heterocycles. The van der Waals surface area contributed by atoms with E-state index in [1.165, 1.54) is 0 Å². The van der Waals surface area contributed by atoms with Gasteiger partial charge in [-0.2, -0.15) is 0 Å². The minimum atomic E-state index is 0.0605. The molecule has 0 aliphatic rings. The average molecular weight is 252 g/mol. The smallest absolute Gasteiger partial charge is 0.258 e. The molecule has 0 aliphatic carbocycles. The van der Waals surface area contributed by atoms with Gasteiger partial charge in [0.25, 0.3) is 5.56 Å². The second-order valence-corrected chi connectivity index (χ2v) is 3.80. The number of hydrogen-bond donors (Lipinski definition) is 0. The summed E-state index contributed by atoms with van der Waals surface area (Å²) in [7, 11) is 1.77. The molecule has 0 saturated carbocycles. The molecule has 1 heterocycles. The van der Waals surface area contributed by atoms with Gasteiger partial charge in [0.05, 0.1) is 0 Å². The molecule has 1 aromatic heterocycles. The zero-order chi connectivity index (χ0) is 10.1. The lowest BCUT2D eigenvalue weighted by Gasteiger charge is -2.04. The highest BCUT2D eigenvalue weighted by atomic mass is 79.9. The fourth-order valence-corrected chi connectivity index (χ4v) is 2.05. The van der Waals surface area contributed by atoms with Crippen LogP contribution in [0.5, 0.6) is 0 Å². The molecular formula is C11H10BrNO. The van der Waals surface area contributed by atoms with Crippen LogP contribution in [-0.2, 0) is 12.4 Å². The standard InChI is InChI=1S/C11H10BrNO/c1-13-6-5-9-8(7-12)3-2-4-10(9)11(13)14/h2-6H,7H2,1H3. The van der Waals surface area contributed by atoms with E-state index in [-0.39, 0.29) is 5.56 Å². The van der Waals surface area contributed by atoms with Crippen LogP contribution in [0.25, 0.3) is 10.8 Å². The first kappa shape index (κ1) is 9.46. The van der Waals surface area contributed by atoms with E-state index >= 15 is 0 Å². The molecule has 72 valence electrons. The number of alkyl halides is 1. The Labute approximate surface area is 90.3 Å². The van der Waals surface area contributed by atoms with Crippen LogP contribution >= 0.6 is 15.9 Å². The third-order valence-electron chi connectivity index (χ3n) is 2.36. The van der Waals surface area contributed by atoms with Crippen LogP contribution in [-0.4, -0.2) is 4.57 Å². The Morgan fingerprint density at radius 1 is 1.29 bits per heavy atom. The molecule has 0 atom stereocenters. The third-order valence-corrected chi connectivity index (χ3v) is 2.96. The van der Waals surface area contributed by atoms with Crippen LogP contribution < -0.4 is 5.56 Å². The lowest BCUT2D eigenvalue weighted by molar-refractivity contribution is 0.873. The predicted octanol–water partition coefficient (Wildman–Crippen LogP) is 2.43. The van der Waals surface area contributed by atoms with Crippen molar-refractivity contribution in [1.29, 1.82) is 0 Å². The van der Waals surface area contributed by atoms with E-state index in [2.05, 4.69) is 15.9 Å². The topological polar surface area (TPSA) is 22.0 Å². The van der Waals surface area contributed by atoms with Crippen LogP contribution in [0.15, 0.2) is 35.3 Å². The molecule has 3 heteroatoms. The molecule has 0 radical (unpaired) electrons. The molecule has 0 fully saturated rings. The van der Waals surface area contributed by atoms with Crippen molar-refractivity contribution in [1.82, 2.24) is 4.57 Å². The molecule has 0 amide bonds. The molecule has 0 unspecified atom stereocenters. The van der Waals surface area contributed by atoms with Gasteiger partial charge < -0.3 is 4.57 Å². The summed E-state index contributed by atoms with van der Waals surface area (Å²) in [6, 6.07) is 7.79. The maximum absolute atomic E-state index is 11.7.